The molecule has 2 aromatic carbocycles. The number of aromatic nitrogens is 2. The minimum atomic E-state index is -0.364. The molecule has 166 valence electrons. The Kier molecular flexibility index (Phi) is 7.12. The van der Waals surface area contributed by atoms with Gasteiger partial charge in [0.2, 0.25) is 5.91 Å². The minimum absolute atomic E-state index is 0.194. The van der Waals surface area contributed by atoms with E-state index in [1.165, 1.54) is 18.3 Å². The fourth-order valence-corrected chi connectivity index (χ4v) is 4.46. The van der Waals surface area contributed by atoms with Crippen LogP contribution in [-0.4, -0.2) is 28.5 Å². The number of amides is 1. The molecule has 8 heteroatoms. The monoisotopic (exact) mass is 477 g/mol. The van der Waals surface area contributed by atoms with E-state index >= 15 is 0 Å². The summed E-state index contributed by atoms with van der Waals surface area (Å²) >= 11 is 7.72. The second-order valence-electron chi connectivity index (χ2n) is 7.16. The molecule has 4 rings (SSSR count). The van der Waals surface area contributed by atoms with Crippen LogP contribution in [0.2, 0.25) is 5.02 Å². The van der Waals surface area contributed by atoms with Gasteiger partial charge in [0, 0.05) is 30.1 Å². The number of benzene rings is 2. The Morgan fingerprint density at radius 3 is 2.61 bits per heavy atom. The van der Waals surface area contributed by atoms with Crippen molar-refractivity contribution < 1.29 is 14.3 Å². The number of carbonyl (C=O) groups is 2. The van der Waals surface area contributed by atoms with E-state index < -0.39 is 0 Å². The lowest BCUT2D eigenvalue weighted by Gasteiger charge is -2.06. The molecule has 2 heterocycles. The fraction of sp³-hybridized carbons (Fsp3) is 0.120. The second-order valence-corrected chi connectivity index (χ2v) is 8.68. The molecule has 0 aliphatic carbocycles. The Morgan fingerprint density at radius 2 is 1.85 bits per heavy atom. The minimum Gasteiger partial charge on any atom is -0.462 e. The van der Waals surface area contributed by atoms with Crippen LogP contribution in [0.15, 0.2) is 72.9 Å². The number of pyridine rings is 1. The first-order chi connectivity index (χ1) is 16.0. The van der Waals surface area contributed by atoms with Crippen molar-refractivity contribution in [2.45, 2.75) is 13.3 Å². The average molecular weight is 478 g/mol. The highest BCUT2D eigenvalue weighted by molar-refractivity contribution is 7.15. The number of hydrogen-bond acceptors (Lipinski definition) is 6. The van der Waals surface area contributed by atoms with Gasteiger partial charge in [0.15, 0.2) is 0 Å². The summed E-state index contributed by atoms with van der Waals surface area (Å²) in [6.07, 6.45) is 2.11. The first kappa shape index (κ1) is 22.6. The molecular formula is C25H20ClN3O3S. The van der Waals surface area contributed by atoms with E-state index in [9.17, 15) is 9.59 Å². The zero-order chi connectivity index (χ0) is 23.2. The average Bonchev–Trinajstić information content (AvgIpc) is 3.24. The molecule has 4 aromatic rings. The van der Waals surface area contributed by atoms with Crippen LogP contribution in [0.25, 0.3) is 21.7 Å². The number of esters is 1. The van der Waals surface area contributed by atoms with Crippen LogP contribution >= 0.6 is 22.9 Å². The molecule has 1 amide bonds. The van der Waals surface area contributed by atoms with E-state index in [2.05, 4.69) is 10.3 Å². The number of nitrogens with zero attached hydrogens (tertiary/aromatic N) is 2. The maximum Gasteiger partial charge on any atom is 0.338 e. The largest absolute Gasteiger partial charge is 0.462 e. The van der Waals surface area contributed by atoms with Gasteiger partial charge in [0.25, 0.3) is 0 Å². The molecule has 0 spiro atoms. The molecule has 0 aliphatic rings. The number of hydrogen-bond donors (Lipinski definition) is 1. The zero-order valence-corrected chi connectivity index (χ0v) is 19.3. The van der Waals surface area contributed by atoms with Crippen molar-refractivity contribution in [3.8, 4) is 21.7 Å². The van der Waals surface area contributed by atoms with Crippen LogP contribution in [0, 0.1) is 0 Å². The zero-order valence-electron chi connectivity index (χ0n) is 17.7. The maximum absolute atomic E-state index is 12.2. The predicted molar refractivity (Wildman–Crippen MR) is 131 cm³/mol. The summed E-state index contributed by atoms with van der Waals surface area (Å²) in [6, 6.07) is 20.0. The summed E-state index contributed by atoms with van der Waals surface area (Å²) in [5, 5.41) is 4.14. The third-order valence-electron chi connectivity index (χ3n) is 4.65. The van der Waals surface area contributed by atoms with E-state index in [0.717, 1.165) is 26.7 Å². The van der Waals surface area contributed by atoms with Crippen molar-refractivity contribution in [3.63, 3.8) is 0 Å². The van der Waals surface area contributed by atoms with Gasteiger partial charge in [-0.25, -0.2) is 14.8 Å². The van der Waals surface area contributed by atoms with Crippen LogP contribution in [-0.2, 0) is 16.0 Å². The summed E-state index contributed by atoms with van der Waals surface area (Å²) in [7, 11) is 0. The third kappa shape index (κ3) is 5.83. The molecule has 0 fully saturated rings. The van der Waals surface area contributed by atoms with Crippen molar-refractivity contribution in [1.29, 1.82) is 0 Å². The predicted octanol–water partition coefficient (Wildman–Crippen LogP) is 5.88. The van der Waals surface area contributed by atoms with Gasteiger partial charge >= 0.3 is 5.97 Å². The normalized spacial score (nSPS) is 10.6. The molecule has 0 unspecified atom stereocenters. The van der Waals surface area contributed by atoms with Crippen LogP contribution in [0.1, 0.15) is 22.3 Å². The number of thiazole rings is 1. The van der Waals surface area contributed by atoms with Gasteiger partial charge in [0.1, 0.15) is 5.82 Å². The van der Waals surface area contributed by atoms with Gasteiger partial charge in [-0.3, -0.25) is 4.79 Å². The first-order valence-corrected chi connectivity index (χ1v) is 11.4. The van der Waals surface area contributed by atoms with Gasteiger partial charge in [-0.2, -0.15) is 0 Å². The highest BCUT2D eigenvalue weighted by atomic mass is 35.5. The van der Waals surface area contributed by atoms with Crippen LogP contribution in [0.3, 0.4) is 0 Å². The number of carbonyl (C=O) groups excluding carboxylic acids is 2. The quantitative estimate of drug-likeness (QED) is 0.336. The highest BCUT2D eigenvalue weighted by Crippen LogP contribution is 2.38. The fourth-order valence-electron chi connectivity index (χ4n) is 3.21. The smallest absolute Gasteiger partial charge is 0.338 e. The highest BCUT2D eigenvalue weighted by Gasteiger charge is 2.17. The number of halogens is 1. The Bertz CT molecular complexity index is 1290. The molecule has 0 atom stereocenters. The number of anilines is 1. The van der Waals surface area contributed by atoms with Crippen molar-refractivity contribution in [1.82, 2.24) is 9.97 Å². The van der Waals surface area contributed by atoms with Gasteiger partial charge < -0.3 is 10.1 Å². The van der Waals surface area contributed by atoms with Crippen LogP contribution < -0.4 is 5.32 Å². The maximum atomic E-state index is 12.2. The summed E-state index contributed by atoms with van der Waals surface area (Å²) in [4.78, 5) is 33.6. The van der Waals surface area contributed by atoms with E-state index in [4.69, 9.17) is 21.3 Å². The molecule has 1 N–H and O–H groups in total. The SMILES string of the molecule is CC(=O)Nc1cc(-c2sc(CCOC(=O)c3ccccc3)nc2-c2cccc(Cl)c2)ccn1. The standard InChI is InChI=1S/C25H20ClN3O3S/c1-16(30)28-21-15-19(10-12-27-21)24-23(18-8-5-9-20(26)14-18)29-22(33-24)11-13-32-25(31)17-6-3-2-4-7-17/h2-10,12,14-15H,11,13H2,1H3,(H,27,28,30). The molecule has 0 radical (unpaired) electrons. The summed E-state index contributed by atoms with van der Waals surface area (Å²) in [6.45, 7) is 1.65. The summed E-state index contributed by atoms with van der Waals surface area (Å²) in [5.74, 6) is -0.0970. The van der Waals surface area contributed by atoms with Crippen molar-refractivity contribution >= 4 is 40.6 Å². The summed E-state index contributed by atoms with van der Waals surface area (Å²) < 4.78 is 5.42. The molecule has 6 nitrogen and oxygen atoms in total. The lowest BCUT2D eigenvalue weighted by atomic mass is 10.1. The first-order valence-electron chi connectivity index (χ1n) is 10.2. The number of rotatable bonds is 7. The Balaban J connectivity index is 1.60. The second kappa shape index (κ2) is 10.4. The summed E-state index contributed by atoms with van der Waals surface area (Å²) in [5.41, 5.74) is 3.03. The Morgan fingerprint density at radius 1 is 1.03 bits per heavy atom. The molecule has 0 bridgehead atoms. The molecular weight excluding hydrogens is 458 g/mol. The van der Waals surface area contributed by atoms with Crippen LogP contribution in [0.4, 0.5) is 5.82 Å². The van der Waals surface area contributed by atoms with Crippen molar-refractivity contribution in [2.24, 2.45) is 0 Å². The van der Waals surface area contributed by atoms with Crippen LogP contribution in [0.5, 0.6) is 0 Å². The van der Waals surface area contributed by atoms with E-state index in [1.54, 1.807) is 30.5 Å². The molecule has 2 aromatic heterocycles. The topological polar surface area (TPSA) is 81.2 Å². The van der Waals surface area contributed by atoms with Gasteiger partial charge in [-0.05, 0) is 42.0 Å². The van der Waals surface area contributed by atoms with E-state index in [0.29, 0.717) is 22.8 Å². The lowest BCUT2D eigenvalue weighted by Crippen LogP contribution is -2.07. The molecule has 0 saturated carbocycles. The molecule has 0 saturated heterocycles. The number of ether oxygens (including phenoxy) is 1. The third-order valence-corrected chi connectivity index (χ3v) is 6.05. The van der Waals surface area contributed by atoms with E-state index in [-0.39, 0.29) is 18.5 Å². The Labute approximate surface area is 200 Å². The lowest BCUT2D eigenvalue weighted by molar-refractivity contribution is -0.114. The van der Waals surface area contributed by atoms with Gasteiger partial charge in [0.05, 0.1) is 27.7 Å². The van der Waals surface area contributed by atoms with E-state index in [1.807, 2.05) is 42.5 Å². The van der Waals surface area contributed by atoms with Crippen molar-refractivity contribution in [2.75, 3.05) is 11.9 Å². The number of nitrogens with one attached hydrogen (secondary N) is 1. The molecule has 33 heavy (non-hydrogen) atoms. The Hall–Kier alpha value is -3.55. The van der Waals surface area contributed by atoms with Gasteiger partial charge in [-0.15, -0.1) is 11.3 Å². The molecule has 0 aliphatic heterocycles. The van der Waals surface area contributed by atoms with Crippen molar-refractivity contribution in [3.05, 3.63) is 88.5 Å². The van der Waals surface area contributed by atoms with Gasteiger partial charge in [-0.1, -0.05) is 41.9 Å².